The van der Waals surface area contributed by atoms with Crippen LogP contribution in [0.5, 0.6) is 0 Å². The number of fused-ring (bicyclic) bond motifs is 1. The molecular formula is C30H26F3N3. The van der Waals surface area contributed by atoms with Crippen LogP contribution in [0.4, 0.5) is 13.2 Å². The Bertz CT molecular complexity index is 1340. The summed E-state index contributed by atoms with van der Waals surface area (Å²) in [6.45, 7) is 4.17. The molecule has 0 saturated heterocycles. The Morgan fingerprint density at radius 1 is 1.14 bits per heavy atom. The van der Waals surface area contributed by atoms with E-state index in [2.05, 4.69) is 41.5 Å². The van der Waals surface area contributed by atoms with Gasteiger partial charge >= 0.3 is 6.18 Å². The summed E-state index contributed by atoms with van der Waals surface area (Å²) in [6.07, 6.45) is 2.65. The number of nitrogens with one attached hydrogen (secondary N) is 1. The zero-order valence-electron chi connectivity index (χ0n) is 20.1. The first-order valence-corrected chi connectivity index (χ1v) is 11.7. The lowest BCUT2D eigenvalue weighted by molar-refractivity contribution is -0.142. The van der Waals surface area contributed by atoms with E-state index in [1.165, 1.54) is 11.8 Å². The number of aromatic nitrogens is 1. The third-order valence-corrected chi connectivity index (χ3v) is 6.77. The van der Waals surface area contributed by atoms with Crippen molar-refractivity contribution in [1.82, 2.24) is 10.3 Å². The molecule has 1 aromatic heterocycles. The summed E-state index contributed by atoms with van der Waals surface area (Å²) in [6, 6.07) is 20.3. The van der Waals surface area contributed by atoms with E-state index in [1.54, 1.807) is 18.1 Å². The van der Waals surface area contributed by atoms with Crippen molar-refractivity contribution in [1.29, 1.82) is 5.26 Å². The van der Waals surface area contributed by atoms with Crippen molar-refractivity contribution in [3.05, 3.63) is 100 Å². The monoisotopic (exact) mass is 485 g/mol. The number of aryl methyl sites for hydroxylation is 1. The van der Waals surface area contributed by atoms with Crippen molar-refractivity contribution >= 4 is 11.1 Å². The molecule has 4 rings (SSSR count). The number of hydrogen-bond donors (Lipinski definition) is 1. The maximum absolute atomic E-state index is 12.9. The average molecular weight is 486 g/mol. The van der Waals surface area contributed by atoms with Gasteiger partial charge in [-0.2, -0.15) is 18.4 Å². The molecule has 0 aliphatic heterocycles. The number of nitriles is 1. The molecule has 3 aromatic rings. The van der Waals surface area contributed by atoms with Gasteiger partial charge in [-0.3, -0.25) is 10.3 Å². The average Bonchev–Trinajstić information content (AvgIpc) is 2.98. The molecule has 0 bridgehead atoms. The normalized spacial score (nSPS) is 18.5. The summed E-state index contributed by atoms with van der Waals surface area (Å²) >= 11 is 0. The Morgan fingerprint density at radius 2 is 1.89 bits per heavy atom. The Labute approximate surface area is 209 Å². The zero-order chi connectivity index (χ0) is 25.9. The highest BCUT2D eigenvalue weighted by Gasteiger charge is 2.38. The second-order valence-electron chi connectivity index (χ2n) is 9.14. The van der Waals surface area contributed by atoms with Gasteiger partial charge in [0.25, 0.3) is 0 Å². The molecule has 3 nitrogen and oxygen atoms in total. The SMILES string of the molecule is C#CC(NCc1ccc(C2=C(C#N)c3ccc(C)cc3C(C)C(c3ccccc3)C2)nc1)C(F)(F)F. The van der Waals surface area contributed by atoms with E-state index in [0.717, 1.165) is 22.3 Å². The molecule has 0 radical (unpaired) electrons. The van der Waals surface area contributed by atoms with Crippen LogP contribution >= 0.6 is 0 Å². The summed E-state index contributed by atoms with van der Waals surface area (Å²) < 4.78 is 38.8. The molecular weight excluding hydrogens is 459 g/mol. The number of pyridine rings is 1. The van der Waals surface area contributed by atoms with Gasteiger partial charge in [-0.25, -0.2) is 0 Å². The molecule has 182 valence electrons. The van der Waals surface area contributed by atoms with Crippen LogP contribution in [-0.2, 0) is 6.54 Å². The Morgan fingerprint density at radius 3 is 2.50 bits per heavy atom. The van der Waals surface area contributed by atoms with Crippen LogP contribution < -0.4 is 5.32 Å². The van der Waals surface area contributed by atoms with E-state index in [4.69, 9.17) is 6.42 Å². The second kappa shape index (κ2) is 10.4. The Kier molecular flexibility index (Phi) is 7.29. The fourth-order valence-electron chi connectivity index (χ4n) is 4.83. The molecule has 2 aromatic carbocycles. The summed E-state index contributed by atoms with van der Waals surface area (Å²) in [5.74, 6) is 2.02. The molecule has 1 aliphatic rings. The van der Waals surface area contributed by atoms with Gasteiger partial charge in [0, 0.05) is 12.7 Å². The highest BCUT2D eigenvalue weighted by atomic mass is 19.4. The molecule has 1 N–H and O–H groups in total. The number of halogens is 3. The first kappa shape index (κ1) is 25.2. The van der Waals surface area contributed by atoms with E-state index in [1.807, 2.05) is 37.3 Å². The quantitative estimate of drug-likeness (QED) is 0.406. The summed E-state index contributed by atoms with van der Waals surface area (Å²) in [4.78, 5) is 4.57. The molecule has 1 heterocycles. The molecule has 0 saturated carbocycles. The minimum atomic E-state index is -4.52. The van der Waals surface area contributed by atoms with Crippen LogP contribution in [0.3, 0.4) is 0 Å². The number of hydrogen-bond acceptors (Lipinski definition) is 3. The molecule has 36 heavy (non-hydrogen) atoms. The van der Waals surface area contributed by atoms with Crippen LogP contribution in [0.1, 0.15) is 58.7 Å². The maximum Gasteiger partial charge on any atom is 0.415 e. The van der Waals surface area contributed by atoms with E-state index in [-0.39, 0.29) is 18.4 Å². The van der Waals surface area contributed by atoms with Gasteiger partial charge in [0.1, 0.15) is 6.07 Å². The summed E-state index contributed by atoms with van der Waals surface area (Å²) in [7, 11) is 0. The van der Waals surface area contributed by atoms with E-state index in [0.29, 0.717) is 23.3 Å². The Balaban J connectivity index is 1.74. The molecule has 6 heteroatoms. The number of allylic oxidation sites excluding steroid dienone is 2. The van der Waals surface area contributed by atoms with Gasteiger partial charge in [0.15, 0.2) is 6.04 Å². The van der Waals surface area contributed by atoms with Gasteiger partial charge < -0.3 is 0 Å². The first-order valence-electron chi connectivity index (χ1n) is 11.7. The third-order valence-electron chi connectivity index (χ3n) is 6.77. The van der Waals surface area contributed by atoms with Crippen molar-refractivity contribution in [2.75, 3.05) is 0 Å². The standard InChI is InChI=1S/C30H26F3N3/c1-4-29(30(31,32)33)36-18-21-11-13-28(35-17-21)26-15-24(22-8-6-5-7-9-22)20(3)25-14-19(2)10-12-23(25)27(26)16-34/h1,5-14,17,20,24,29,36H,15,18H2,2-3H3. The lowest BCUT2D eigenvalue weighted by Gasteiger charge is -2.25. The topological polar surface area (TPSA) is 48.7 Å². The third kappa shape index (κ3) is 5.20. The second-order valence-corrected chi connectivity index (χ2v) is 9.14. The van der Waals surface area contributed by atoms with Gasteiger partial charge in [-0.1, -0.05) is 73.0 Å². The van der Waals surface area contributed by atoms with Gasteiger partial charge in [-0.15, -0.1) is 6.42 Å². The lowest BCUT2D eigenvalue weighted by atomic mass is 9.79. The fourth-order valence-corrected chi connectivity index (χ4v) is 4.83. The number of rotatable bonds is 5. The predicted molar refractivity (Wildman–Crippen MR) is 136 cm³/mol. The highest BCUT2D eigenvalue weighted by Crippen LogP contribution is 2.47. The highest BCUT2D eigenvalue weighted by molar-refractivity contribution is 5.98. The number of nitrogens with zero attached hydrogens (tertiary/aromatic N) is 2. The van der Waals surface area contributed by atoms with E-state index >= 15 is 0 Å². The molecule has 1 aliphatic carbocycles. The maximum atomic E-state index is 12.9. The smallest absolute Gasteiger partial charge is 0.292 e. The summed E-state index contributed by atoms with van der Waals surface area (Å²) in [5, 5.41) is 12.6. The van der Waals surface area contributed by atoms with Crippen LogP contribution in [0.15, 0.2) is 66.9 Å². The molecule has 0 spiro atoms. The zero-order valence-corrected chi connectivity index (χ0v) is 20.1. The minimum absolute atomic E-state index is 0.0718. The largest absolute Gasteiger partial charge is 0.415 e. The number of alkyl halides is 3. The van der Waals surface area contributed by atoms with E-state index in [9.17, 15) is 18.4 Å². The van der Waals surface area contributed by atoms with Crippen LogP contribution in [0.2, 0.25) is 0 Å². The fraction of sp³-hybridized carbons (Fsp3) is 0.267. The van der Waals surface area contributed by atoms with E-state index < -0.39 is 12.2 Å². The van der Waals surface area contributed by atoms with Gasteiger partial charge in [0.2, 0.25) is 0 Å². The Hall–Kier alpha value is -3.87. The van der Waals surface area contributed by atoms with Crippen LogP contribution in [0.25, 0.3) is 11.1 Å². The van der Waals surface area contributed by atoms with Crippen molar-refractivity contribution in [2.24, 2.45) is 0 Å². The van der Waals surface area contributed by atoms with Crippen molar-refractivity contribution in [2.45, 2.75) is 50.9 Å². The van der Waals surface area contributed by atoms with Crippen LogP contribution in [0, 0.1) is 30.6 Å². The van der Waals surface area contributed by atoms with Crippen molar-refractivity contribution in [3.8, 4) is 18.4 Å². The van der Waals surface area contributed by atoms with Gasteiger partial charge in [-0.05, 0) is 59.1 Å². The van der Waals surface area contributed by atoms with Gasteiger partial charge in [0.05, 0.1) is 11.3 Å². The first-order chi connectivity index (χ1) is 17.2. The minimum Gasteiger partial charge on any atom is -0.292 e. The molecule has 3 unspecified atom stereocenters. The summed E-state index contributed by atoms with van der Waals surface area (Å²) in [5.41, 5.74) is 6.97. The predicted octanol–water partition coefficient (Wildman–Crippen LogP) is 6.77. The lowest BCUT2D eigenvalue weighted by Crippen LogP contribution is -2.40. The van der Waals surface area contributed by atoms with Crippen LogP contribution in [-0.4, -0.2) is 17.2 Å². The molecule has 0 amide bonds. The van der Waals surface area contributed by atoms with Crippen molar-refractivity contribution in [3.63, 3.8) is 0 Å². The number of benzene rings is 2. The molecule has 0 fully saturated rings. The van der Waals surface area contributed by atoms with Crippen molar-refractivity contribution < 1.29 is 13.2 Å². The number of terminal acetylenes is 1. The molecule has 3 atom stereocenters.